The second-order valence-electron chi connectivity index (χ2n) is 7.80. The number of carbonyl (C=O) groups excluding carboxylic acids is 1. The molecule has 0 saturated carbocycles. The molecule has 33 heavy (non-hydrogen) atoms. The average molecular weight is 440 g/mol. The quantitative estimate of drug-likeness (QED) is 0.432. The zero-order valence-electron chi connectivity index (χ0n) is 18.0. The van der Waals surface area contributed by atoms with Crippen molar-refractivity contribution < 1.29 is 9.18 Å². The average Bonchev–Trinajstić information content (AvgIpc) is 3.13. The molecular formula is C26H21FN4O2. The molecule has 0 bridgehead atoms. The predicted molar refractivity (Wildman–Crippen MR) is 127 cm³/mol. The molecule has 7 heteroatoms. The Bertz CT molecular complexity index is 1550. The van der Waals surface area contributed by atoms with Gasteiger partial charge in [-0.25, -0.2) is 13.8 Å². The number of imidazole rings is 1. The van der Waals surface area contributed by atoms with Gasteiger partial charge in [-0.05, 0) is 60.5 Å². The number of nitrogens with one attached hydrogen (secondary N) is 1. The largest absolute Gasteiger partial charge is 0.325 e. The van der Waals surface area contributed by atoms with Crippen LogP contribution in [0.2, 0.25) is 0 Å². The maximum absolute atomic E-state index is 13.4. The van der Waals surface area contributed by atoms with Gasteiger partial charge in [0, 0.05) is 17.3 Å². The van der Waals surface area contributed by atoms with Gasteiger partial charge in [0.2, 0.25) is 11.7 Å². The summed E-state index contributed by atoms with van der Waals surface area (Å²) in [4.78, 5) is 30.7. The maximum Gasteiger partial charge on any atom is 0.260 e. The number of hydrogen-bond donors (Lipinski definition) is 1. The fourth-order valence-corrected chi connectivity index (χ4v) is 4.00. The van der Waals surface area contributed by atoms with Crippen LogP contribution in [0, 0.1) is 5.82 Å². The van der Waals surface area contributed by atoms with Crippen molar-refractivity contribution in [2.45, 2.75) is 19.9 Å². The van der Waals surface area contributed by atoms with Gasteiger partial charge in [0.05, 0.1) is 16.7 Å². The Balaban J connectivity index is 1.61. The Morgan fingerprint density at radius 2 is 1.73 bits per heavy atom. The van der Waals surface area contributed by atoms with Gasteiger partial charge in [0.15, 0.2) is 0 Å². The molecule has 3 aromatic carbocycles. The lowest BCUT2D eigenvalue weighted by atomic mass is 10.1. The van der Waals surface area contributed by atoms with Gasteiger partial charge in [-0.1, -0.05) is 31.2 Å². The van der Waals surface area contributed by atoms with Gasteiger partial charge in [-0.15, -0.1) is 0 Å². The number of hydrogen-bond acceptors (Lipinski definition) is 3. The molecule has 0 spiro atoms. The van der Waals surface area contributed by atoms with Crippen molar-refractivity contribution in [1.29, 1.82) is 0 Å². The normalized spacial score (nSPS) is 11.2. The van der Waals surface area contributed by atoms with Crippen LogP contribution >= 0.6 is 0 Å². The highest BCUT2D eigenvalue weighted by molar-refractivity contribution is 5.92. The number of aromatic nitrogens is 3. The number of benzene rings is 3. The van der Waals surface area contributed by atoms with Crippen LogP contribution in [0.15, 0.2) is 83.7 Å². The minimum Gasteiger partial charge on any atom is -0.325 e. The third kappa shape index (κ3) is 3.89. The Hall–Kier alpha value is -4.26. The SMILES string of the molecule is CCc1cccc(NC(=O)Cn2c3ccccc3n3c(=O)cc(-c4ccc(F)cc4)nc23)c1. The summed E-state index contributed by atoms with van der Waals surface area (Å²) in [7, 11) is 0. The zero-order chi connectivity index (χ0) is 22.9. The van der Waals surface area contributed by atoms with Gasteiger partial charge in [0.25, 0.3) is 5.56 Å². The molecule has 0 aliphatic carbocycles. The molecule has 0 aliphatic rings. The van der Waals surface area contributed by atoms with Crippen LogP contribution in [-0.2, 0) is 17.8 Å². The van der Waals surface area contributed by atoms with Crippen molar-refractivity contribution >= 4 is 28.4 Å². The topological polar surface area (TPSA) is 68.4 Å². The van der Waals surface area contributed by atoms with Gasteiger partial charge < -0.3 is 9.88 Å². The number of carbonyl (C=O) groups is 1. The molecular weight excluding hydrogens is 419 g/mol. The van der Waals surface area contributed by atoms with Crippen LogP contribution in [-0.4, -0.2) is 19.9 Å². The Kier molecular flexibility index (Phi) is 5.22. The van der Waals surface area contributed by atoms with Crippen molar-refractivity contribution in [2.24, 2.45) is 0 Å². The molecule has 5 rings (SSSR count). The highest BCUT2D eigenvalue weighted by Gasteiger charge is 2.17. The predicted octanol–water partition coefficient (Wildman–Crippen LogP) is 4.66. The van der Waals surface area contributed by atoms with E-state index < -0.39 is 0 Å². The van der Waals surface area contributed by atoms with E-state index in [1.807, 2.05) is 48.5 Å². The first-order chi connectivity index (χ1) is 16.0. The van der Waals surface area contributed by atoms with E-state index in [0.717, 1.165) is 23.2 Å². The minimum atomic E-state index is -0.366. The van der Waals surface area contributed by atoms with Gasteiger partial charge in [-0.3, -0.25) is 9.59 Å². The monoisotopic (exact) mass is 440 g/mol. The lowest BCUT2D eigenvalue weighted by Crippen LogP contribution is -2.20. The van der Waals surface area contributed by atoms with Crippen molar-refractivity contribution in [1.82, 2.24) is 14.0 Å². The molecule has 6 nitrogen and oxygen atoms in total. The van der Waals surface area contributed by atoms with E-state index in [1.54, 1.807) is 16.7 Å². The van der Waals surface area contributed by atoms with Crippen molar-refractivity contribution in [3.8, 4) is 11.3 Å². The Labute approximate surface area is 188 Å². The number of anilines is 1. The van der Waals surface area contributed by atoms with Crippen molar-refractivity contribution in [2.75, 3.05) is 5.32 Å². The molecule has 2 aromatic heterocycles. The zero-order valence-corrected chi connectivity index (χ0v) is 18.0. The van der Waals surface area contributed by atoms with Crippen LogP contribution in [0.1, 0.15) is 12.5 Å². The van der Waals surface area contributed by atoms with E-state index in [1.165, 1.54) is 22.6 Å². The molecule has 1 N–H and O–H groups in total. The summed E-state index contributed by atoms with van der Waals surface area (Å²) in [6.07, 6.45) is 0.871. The maximum atomic E-state index is 13.4. The Morgan fingerprint density at radius 3 is 2.48 bits per heavy atom. The fourth-order valence-electron chi connectivity index (χ4n) is 4.00. The van der Waals surface area contributed by atoms with E-state index in [9.17, 15) is 14.0 Å². The molecule has 0 radical (unpaired) electrons. The first-order valence-electron chi connectivity index (χ1n) is 10.7. The summed E-state index contributed by atoms with van der Waals surface area (Å²) in [5, 5.41) is 2.93. The number of aryl methyl sites for hydroxylation is 1. The summed E-state index contributed by atoms with van der Waals surface area (Å²) in [6.45, 7) is 2.04. The van der Waals surface area contributed by atoms with Gasteiger partial charge >= 0.3 is 0 Å². The summed E-state index contributed by atoms with van der Waals surface area (Å²) in [5.41, 5.74) is 3.99. The van der Waals surface area contributed by atoms with E-state index in [2.05, 4.69) is 17.2 Å². The van der Waals surface area contributed by atoms with E-state index >= 15 is 0 Å². The van der Waals surface area contributed by atoms with Crippen LogP contribution in [0.25, 0.3) is 28.1 Å². The van der Waals surface area contributed by atoms with Crippen LogP contribution < -0.4 is 10.9 Å². The van der Waals surface area contributed by atoms with Crippen molar-refractivity contribution in [3.05, 3.63) is 101 Å². The van der Waals surface area contributed by atoms with Gasteiger partial charge in [0.1, 0.15) is 12.4 Å². The minimum absolute atomic E-state index is 0.0212. The smallest absolute Gasteiger partial charge is 0.260 e. The number of rotatable bonds is 5. The van der Waals surface area contributed by atoms with E-state index in [4.69, 9.17) is 0 Å². The molecule has 164 valence electrons. The highest BCUT2D eigenvalue weighted by atomic mass is 19.1. The molecule has 5 aromatic rings. The molecule has 2 heterocycles. The second kappa shape index (κ2) is 8.35. The summed E-state index contributed by atoms with van der Waals surface area (Å²) >= 11 is 0. The molecule has 1 amide bonds. The van der Waals surface area contributed by atoms with Crippen LogP contribution in [0.5, 0.6) is 0 Å². The molecule has 0 atom stereocenters. The first kappa shape index (κ1) is 20.6. The number of halogens is 1. The lowest BCUT2D eigenvalue weighted by Gasteiger charge is -2.09. The lowest BCUT2D eigenvalue weighted by molar-refractivity contribution is -0.116. The van der Waals surface area contributed by atoms with E-state index in [0.29, 0.717) is 22.6 Å². The van der Waals surface area contributed by atoms with Gasteiger partial charge in [-0.2, -0.15) is 0 Å². The van der Waals surface area contributed by atoms with E-state index in [-0.39, 0.29) is 23.8 Å². The summed E-state index contributed by atoms with van der Waals surface area (Å²) < 4.78 is 16.6. The standard InChI is InChI=1S/C26H21FN4O2/c1-2-17-6-5-7-20(14-17)28-24(32)16-30-22-8-3-4-9-23(22)31-25(33)15-21(29-26(30)31)18-10-12-19(27)13-11-18/h3-15H,2,16H2,1H3,(H,28,32). The molecule has 0 fully saturated rings. The Morgan fingerprint density at radius 1 is 0.970 bits per heavy atom. The number of amides is 1. The first-order valence-corrected chi connectivity index (χ1v) is 10.7. The molecule has 0 aliphatic heterocycles. The van der Waals surface area contributed by atoms with Crippen LogP contribution in [0.4, 0.5) is 10.1 Å². The van der Waals surface area contributed by atoms with Crippen molar-refractivity contribution in [3.63, 3.8) is 0 Å². The fraction of sp³-hybridized carbons (Fsp3) is 0.115. The number of para-hydroxylation sites is 2. The number of nitrogens with zero attached hydrogens (tertiary/aromatic N) is 3. The molecule has 0 saturated heterocycles. The summed E-state index contributed by atoms with van der Waals surface area (Å²) in [5.74, 6) is -0.247. The summed E-state index contributed by atoms with van der Waals surface area (Å²) in [6, 6.07) is 22.3. The number of fused-ring (bicyclic) bond motifs is 3. The second-order valence-corrected chi connectivity index (χ2v) is 7.80. The highest BCUT2D eigenvalue weighted by Crippen LogP contribution is 2.22. The molecule has 0 unspecified atom stereocenters. The third-order valence-electron chi connectivity index (χ3n) is 5.62. The van der Waals surface area contributed by atoms with Crippen LogP contribution in [0.3, 0.4) is 0 Å². The third-order valence-corrected chi connectivity index (χ3v) is 5.62.